The number of ether oxygens (including phenoxy) is 2. The Labute approximate surface area is 266 Å². The maximum absolute atomic E-state index is 12.7. The molecule has 0 radical (unpaired) electrons. The fourth-order valence-electron chi connectivity index (χ4n) is 4.54. The van der Waals surface area contributed by atoms with Gasteiger partial charge in [-0.2, -0.15) is 5.10 Å². The van der Waals surface area contributed by atoms with E-state index in [-0.39, 0.29) is 19.0 Å². The number of anilines is 1. The van der Waals surface area contributed by atoms with E-state index in [2.05, 4.69) is 41.1 Å². The van der Waals surface area contributed by atoms with E-state index >= 15 is 0 Å². The number of hydrogen-bond acceptors (Lipinski definition) is 6. The Balaban J connectivity index is 1.18. The summed E-state index contributed by atoms with van der Waals surface area (Å²) in [5.41, 5.74) is 8.30. The van der Waals surface area contributed by atoms with Crippen LogP contribution in [0.3, 0.4) is 0 Å². The van der Waals surface area contributed by atoms with Crippen LogP contribution in [0.25, 0.3) is 5.69 Å². The lowest BCUT2D eigenvalue weighted by Gasteiger charge is -2.16. The molecule has 5 rings (SSSR count). The number of hydrogen-bond donors (Lipinski definition) is 1. The highest BCUT2D eigenvalue weighted by atomic mass is 35.5. The number of rotatable bonds is 11. The van der Waals surface area contributed by atoms with Crippen LogP contribution in [-0.4, -0.2) is 30.8 Å². The molecule has 2 aromatic heterocycles. The Morgan fingerprint density at radius 3 is 2.36 bits per heavy atom. The molecule has 0 aliphatic heterocycles. The number of amides is 1. The maximum atomic E-state index is 12.7. The molecule has 3 aromatic carbocycles. The highest BCUT2D eigenvalue weighted by Gasteiger charge is 2.12. The SMILES string of the molecule is Cc1ccc(C)n1-c1ccc(OCc2ccc(C(=O)N/N=C/c3ccc(N(C)C)cc3OCc3ccc(Cl)cc3Cl)o2)cc1. The summed E-state index contributed by atoms with van der Waals surface area (Å²) in [6.45, 7) is 4.55. The number of carbonyl (C=O) groups is 1. The summed E-state index contributed by atoms with van der Waals surface area (Å²) in [5.74, 6) is 1.40. The molecule has 1 amide bonds. The van der Waals surface area contributed by atoms with Crippen molar-refractivity contribution in [3.8, 4) is 17.2 Å². The van der Waals surface area contributed by atoms with Crippen molar-refractivity contribution in [1.29, 1.82) is 0 Å². The second-order valence-corrected chi connectivity index (χ2v) is 11.2. The number of furan rings is 1. The molecular formula is C34H32Cl2N4O4. The van der Waals surface area contributed by atoms with E-state index in [1.165, 1.54) is 6.21 Å². The number of aryl methyl sites for hydroxylation is 2. The second-order valence-electron chi connectivity index (χ2n) is 10.3. The normalized spacial score (nSPS) is 11.1. The Morgan fingerprint density at radius 1 is 0.909 bits per heavy atom. The molecule has 1 N–H and O–H groups in total. The van der Waals surface area contributed by atoms with Gasteiger partial charge in [-0.05, 0) is 86.6 Å². The first kappa shape index (κ1) is 30.8. The first-order valence-corrected chi connectivity index (χ1v) is 14.6. The number of hydrazone groups is 1. The standard InChI is InChI=1S/C34H32Cl2N4O4/c1-22-5-6-23(2)40(22)27-11-13-29(14-12-27)42-21-30-15-16-32(44-30)34(41)38-37-19-24-8-10-28(39(3)4)18-33(24)43-20-25-7-9-26(35)17-31(25)36/h5-19H,20-21H2,1-4H3,(H,38,41)/b37-19+. The molecule has 0 atom stereocenters. The van der Waals surface area contributed by atoms with Gasteiger partial charge in [0.1, 0.15) is 30.5 Å². The monoisotopic (exact) mass is 630 g/mol. The third-order valence-electron chi connectivity index (χ3n) is 6.91. The van der Waals surface area contributed by atoms with Crippen molar-refractivity contribution >= 4 is 41.0 Å². The molecule has 0 saturated carbocycles. The molecule has 0 bridgehead atoms. The zero-order chi connectivity index (χ0) is 31.2. The Bertz CT molecular complexity index is 1770. The summed E-state index contributed by atoms with van der Waals surface area (Å²) in [7, 11) is 3.88. The van der Waals surface area contributed by atoms with Crippen LogP contribution < -0.4 is 19.8 Å². The smallest absolute Gasteiger partial charge is 0.307 e. The highest BCUT2D eigenvalue weighted by molar-refractivity contribution is 6.35. The minimum atomic E-state index is -0.491. The Hall–Kier alpha value is -4.66. The summed E-state index contributed by atoms with van der Waals surface area (Å²) < 4.78 is 19.8. The van der Waals surface area contributed by atoms with Crippen molar-refractivity contribution in [2.75, 3.05) is 19.0 Å². The molecule has 8 nitrogen and oxygen atoms in total. The molecule has 10 heteroatoms. The van der Waals surface area contributed by atoms with Crippen molar-refractivity contribution < 1.29 is 18.7 Å². The molecule has 226 valence electrons. The van der Waals surface area contributed by atoms with Crippen LogP contribution in [0.2, 0.25) is 10.0 Å². The van der Waals surface area contributed by atoms with Crippen LogP contribution in [0.15, 0.2) is 94.4 Å². The molecule has 5 aromatic rings. The van der Waals surface area contributed by atoms with E-state index < -0.39 is 5.91 Å². The van der Waals surface area contributed by atoms with Crippen molar-refractivity contribution in [3.05, 3.63) is 129 Å². The van der Waals surface area contributed by atoms with Gasteiger partial charge in [0.05, 0.1) is 6.21 Å². The number of aromatic nitrogens is 1. The molecule has 0 unspecified atom stereocenters. The maximum Gasteiger partial charge on any atom is 0.307 e. The zero-order valence-corrected chi connectivity index (χ0v) is 26.3. The molecule has 0 aliphatic rings. The van der Waals surface area contributed by atoms with E-state index in [0.29, 0.717) is 32.9 Å². The number of halogens is 2. The topological polar surface area (TPSA) is 81.2 Å². The van der Waals surface area contributed by atoms with Gasteiger partial charge in [-0.25, -0.2) is 5.43 Å². The Morgan fingerprint density at radius 2 is 1.66 bits per heavy atom. The summed E-state index contributed by atoms with van der Waals surface area (Å²) in [6.07, 6.45) is 1.52. The summed E-state index contributed by atoms with van der Waals surface area (Å²) >= 11 is 12.3. The third kappa shape index (κ3) is 7.45. The van der Waals surface area contributed by atoms with E-state index in [9.17, 15) is 4.79 Å². The summed E-state index contributed by atoms with van der Waals surface area (Å²) in [5, 5.41) is 5.20. The van der Waals surface area contributed by atoms with Gasteiger partial charge in [-0.1, -0.05) is 29.3 Å². The van der Waals surface area contributed by atoms with Gasteiger partial charge >= 0.3 is 5.91 Å². The van der Waals surface area contributed by atoms with Crippen LogP contribution in [-0.2, 0) is 13.2 Å². The molecule has 0 spiro atoms. The summed E-state index contributed by atoms with van der Waals surface area (Å²) in [6, 6.07) is 26.2. The first-order valence-electron chi connectivity index (χ1n) is 13.9. The molecule has 0 fully saturated rings. The predicted octanol–water partition coefficient (Wildman–Crippen LogP) is 7.98. The Kier molecular flexibility index (Phi) is 9.62. The minimum absolute atomic E-state index is 0.117. The third-order valence-corrected chi connectivity index (χ3v) is 7.50. The largest absolute Gasteiger partial charge is 0.488 e. The van der Waals surface area contributed by atoms with E-state index in [0.717, 1.165) is 28.3 Å². The van der Waals surface area contributed by atoms with Gasteiger partial charge in [-0.3, -0.25) is 4.79 Å². The predicted molar refractivity (Wildman–Crippen MR) is 175 cm³/mol. The molecule has 0 saturated heterocycles. The van der Waals surface area contributed by atoms with Gasteiger partial charge in [0.25, 0.3) is 0 Å². The number of nitrogens with one attached hydrogen (secondary N) is 1. The lowest BCUT2D eigenvalue weighted by atomic mass is 10.2. The number of benzene rings is 3. The number of nitrogens with zero attached hydrogens (tertiary/aromatic N) is 3. The van der Waals surface area contributed by atoms with Crippen molar-refractivity contribution in [1.82, 2.24) is 9.99 Å². The van der Waals surface area contributed by atoms with Crippen molar-refractivity contribution in [2.24, 2.45) is 5.10 Å². The van der Waals surface area contributed by atoms with Crippen molar-refractivity contribution in [2.45, 2.75) is 27.1 Å². The average Bonchev–Trinajstić information content (AvgIpc) is 3.62. The lowest BCUT2D eigenvalue weighted by molar-refractivity contribution is 0.0923. The fraction of sp³-hybridized carbons (Fsp3) is 0.176. The van der Waals surface area contributed by atoms with Crippen molar-refractivity contribution in [3.63, 3.8) is 0 Å². The quantitative estimate of drug-likeness (QED) is 0.118. The summed E-state index contributed by atoms with van der Waals surface area (Å²) in [4.78, 5) is 14.7. The molecular weight excluding hydrogens is 599 g/mol. The highest BCUT2D eigenvalue weighted by Crippen LogP contribution is 2.27. The van der Waals surface area contributed by atoms with Gasteiger partial charge in [0, 0.05) is 64.1 Å². The van der Waals surface area contributed by atoms with Crippen LogP contribution in [0.1, 0.15) is 38.8 Å². The van der Waals surface area contributed by atoms with E-state index in [1.54, 1.807) is 24.3 Å². The van der Waals surface area contributed by atoms with Crippen LogP contribution >= 0.6 is 23.2 Å². The van der Waals surface area contributed by atoms with Gasteiger partial charge < -0.3 is 23.4 Å². The molecule has 2 heterocycles. The number of carbonyl (C=O) groups excluding carboxylic acids is 1. The van der Waals surface area contributed by atoms with Crippen LogP contribution in [0, 0.1) is 13.8 Å². The molecule has 44 heavy (non-hydrogen) atoms. The van der Waals surface area contributed by atoms with E-state index in [1.807, 2.05) is 67.5 Å². The second kappa shape index (κ2) is 13.8. The first-order chi connectivity index (χ1) is 21.2. The lowest BCUT2D eigenvalue weighted by Crippen LogP contribution is -2.17. The van der Waals surface area contributed by atoms with Gasteiger partial charge in [0.15, 0.2) is 5.76 Å². The zero-order valence-electron chi connectivity index (χ0n) is 24.8. The fourth-order valence-corrected chi connectivity index (χ4v) is 5.00. The molecule has 0 aliphatic carbocycles. The van der Waals surface area contributed by atoms with Gasteiger partial charge in [-0.15, -0.1) is 0 Å². The minimum Gasteiger partial charge on any atom is -0.488 e. The van der Waals surface area contributed by atoms with Crippen LogP contribution in [0.5, 0.6) is 11.5 Å². The van der Waals surface area contributed by atoms with Gasteiger partial charge in [0.2, 0.25) is 0 Å². The van der Waals surface area contributed by atoms with E-state index in [4.69, 9.17) is 37.1 Å². The average molecular weight is 632 g/mol. The van der Waals surface area contributed by atoms with Crippen LogP contribution in [0.4, 0.5) is 5.69 Å².